The Labute approximate surface area is 445 Å². The van der Waals surface area contributed by atoms with Crippen LogP contribution in [-0.2, 0) is 5.41 Å². The van der Waals surface area contributed by atoms with Crippen molar-refractivity contribution in [2.24, 2.45) is 0 Å². The molecule has 0 saturated heterocycles. The van der Waals surface area contributed by atoms with Crippen molar-refractivity contribution >= 4 is 0 Å². The Morgan fingerprint density at radius 3 is 1.33 bits per heavy atom. The molecule has 0 saturated carbocycles. The summed E-state index contributed by atoms with van der Waals surface area (Å²) >= 11 is 0. The lowest BCUT2D eigenvalue weighted by Gasteiger charge is -2.33. The highest BCUT2D eigenvalue weighted by Gasteiger charge is 2.42. The zero-order valence-corrected chi connectivity index (χ0v) is 44.4. The Balaban J connectivity index is 1.06. The molecule has 374 valence electrons. The lowest BCUT2D eigenvalue weighted by atomic mass is 9.70. The molecular weight excluding hydrogens is 911 g/mol. The maximum absolute atomic E-state index is 9.74. The number of nitriles is 1. The van der Waals surface area contributed by atoms with Crippen molar-refractivity contribution in [2.45, 2.75) is 123 Å². The smallest absolute Gasteiger partial charge is 0.160 e. The first-order chi connectivity index (χ1) is 36.8. The number of rotatable bonds is 21. The van der Waals surface area contributed by atoms with E-state index in [1.165, 1.54) is 116 Å². The summed E-state index contributed by atoms with van der Waals surface area (Å²) < 4.78 is 0. The third kappa shape index (κ3) is 11.5. The summed E-state index contributed by atoms with van der Waals surface area (Å²) in [5.74, 6) is 1.29. The first-order valence-corrected chi connectivity index (χ1v) is 27.7. The lowest BCUT2D eigenvalue weighted by molar-refractivity contribution is 0.398. The highest BCUT2D eigenvalue weighted by molar-refractivity contribution is 5.85. The van der Waals surface area contributed by atoms with Gasteiger partial charge in [0.2, 0.25) is 0 Å². The van der Waals surface area contributed by atoms with Crippen LogP contribution in [0.3, 0.4) is 0 Å². The van der Waals surface area contributed by atoms with Crippen molar-refractivity contribution < 1.29 is 0 Å². The minimum Gasteiger partial charge on any atom is -0.228 e. The fraction of sp³-hybridized carbons (Fsp3) is 0.271. The van der Waals surface area contributed by atoms with Gasteiger partial charge in [0.1, 0.15) is 0 Å². The summed E-state index contributed by atoms with van der Waals surface area (Å²) in [6.45, 7) is 8.98. The molecule has 5 heteroatoms. The average molecular weight is 980 g/mol. The van der Waals surface area contributed by atoms with Gasteiger partial charge in [0.15, 0.2) is 11.6 Å². The van der Waals surface area contributed by atoms with Crippen LogP contribution in [0.15, 0.2) is 176 Å². The van der Waals surface area contributed by atoms with Gasteiger partial charge >= 0.3 is 0 Å². The molecule has 0 unspecified atom stereocenters. The van der Waals surface area contributed by atoms with Crippen molar-refractivity contribution in [1.29, 1.82) is 5.26 Å². The van der Waals surface area contributed by atoms with Crippen LogP contribution in [0.2, 0.25) is 0 Å². The van der Waals surface area contributed by atoms with E-state index >= 15 is 0 Å². The largest absolute Gasteiger partial charge is 0.228 e. The van der Waals surface area contributed by atoms with Crippen molar-refractivity contribution in [3.63, 3.8) is 0 Å². The third-order valence-electron chi connectivity index (χ3n) is 15.5. The quantitative estimate of drug-likeness (QED) is 0.0671. The van der Waals surface area contributed by atoms with Crippen LogP contribution in [0.5, 0.6) is 0 Å². The normalized spacial score (nSPS) is 12.3. The molecular formula is C70H69N5. The second-order valence-corrected chi connectivity index (χ2v) is 20.9. The molecule has 2 heterocycles. The molecule has 0 aliphatic heterocycles. The molecule has 0 N–H and O–H groups in total. The van der Waals surface area contributed by atoms with E-state index in [1.54, 1.807) is 0 Å². The number of nitrogens with zero attached hydrogens (tertiary/aromatic N) is 5. The second-order valence-electron chi connectivity index (χ2n) is 20.9. The zero-order valence-electron chi connectivity index (χ0n) is 44.4. The highest BCUT2D eigenvalue weighted by atomic mass is 14.9. The maximum atomic E-state index is 9.74. The van der Waals surface area contributed by atoms with Gasteiger partial charge in [-0.3, -0.25) is 0 Å². The van der Waals surface area contributed by atoms with Gasteiger partial charge in [-0.1, -0.05) is 229 Å². The van der Waals surface area contributed by atoms with Crippen LogP contribution in [0, 0.1) is 25.2 Å². The fourth-order valence-electron chi connectivity index (χ4n) is 11.3. The molecule has 75 heavy (non-hydrogen) atoms. The molecule has 0 amide bonds. The first kappa shape index (κ1) is 50.7. The first-order valence-electron chi connectivity index (χ1n) is 27.7. The van der Waals surface area contributed by atoms with E-state index in [1.807, 2.05) is 42.5 Å². The number of aromatic nitrogens is 4. The Kier molecular flexibility index (Phi) is 16.0. The Bertz CT molecular complexity index is 3410. The molecule has 5 nitrogen and oxygen atoms in total. The van der Waals surface area contributed by atoms with Gasteiger partial charge in [0.05, 0.1) is 34.4 Å². The van der Waals surface area contributed by atoms with Crippen LogP contribution in [0.1, 0.15) is 132 Å². The number of unbranched alkanes of at least 4 members (excludes halogenated alkanes) is 10. The summed E-state index contributed by atoms with van der Waals surface area (Å²) in [5.41, 5.74) is 20.4. The van der Waals surface area contributed by atoms with Crippen LogP contribution in [0.4, 0.5) is 0 Å². The van der Waals surface area contributed by atoms with Gasteiger partial charge in [-0.25, -0.2) is 19.9 Å². The van der Waals surface area contributed by atoms with E-state index in [4.69, 9.17) is 19.9 Å². The number of benzene rings is 7. The maximum Gasteiger partial charge on any atom is 0.160 e. The van der Waals surface area contributed by atoms with E-state index in [0.29, 0.717) is 17.2 Å². The molecule has 2 aromatic heterocycles. The van der Waals surface area contributed by atoms with E-state index in [9.17, 15) is 5.26 Å². The molecule has 9 aromatic rings. The SMILES string of the molecule is CCCCCCCCC1(CCCCCCCC)c2cc(C)ccc2-c2ccc(-c3cc(-c4cccc(-c5cc(-c6ccc(-c7ccc(C)cc7)cc6)nc(-c6ccccc6)n5)c4)nc(-c4ccc(C#N)cc4)n3)cc21. The summed E-state index contributed by atoms with van der Waals surface area (Å²) in [7, 11) is 0. The molecule has 0 radical (unpaired) electrons. The van der Waals surface area contributed by atoms with Crippen molar-refractivity contribution in [2.75, 3.05) is 0 Å². The van der Waals surface area contributed by atoms with Crippen LogP contribution < -0.4 is 0 Å². The van der Waals surface area contributed by atoms with Crippen molar-refractivity contribution in [3.05, 3.63) is 204 Å². The van der Waals surface area contributed by atoms with Crippen LogP contribution in [-0.4, -0.2) is 19.9 Å². The molecule has 7 aromatic carbocycles. The zero-order chi connectivity index (χ0) is 51.6. The summed E-state index contributed by atoms with van der Waals surface area (Å²) in [4.78, 5) is 21.1. The van der Waals surface area contributed by atoms with Gasteiger partial charge in [-0.2, -0.15) is 5.26 Å². The Hall–Kier alpha value is -7.81. The molecule has 1 aliphatic carbocycles. The monoisotopic (exact) mass is 980 g/mol. The van der Waals surface area contributed by atoms with Crippen molar-refractivity contribution in [1.82, 2.24) is 19.9 Å². The standard InChI is InChI=1S/C70H69N5/c1-5-7-9-11-13-18-41-70(42-19-14-12-10-8-6-2)62-43-50(4)27-39-60(62)61-40-38-59(45-63(61)70)67-47-66(74-69(75-67)56-32-28-51(48-71)29-33-56)58-24-20-23-57(44-58)65-46-64(72-68(73-65)55-21-16-15-17-22-55)54-36-34-53(35-37-54)52-30-25-49(3)26-31-52/h15-17,20-40,43-47H,5-14,18-19,41-42H2,1-4H3. The third-order valence-corrected chi connectivity index (χ3v) is 15.5. The van der Waals surface area contributed by atoms with Gasteiger partial charge in [0.25, 0.3) is 0 Å². The number of aryl methyl sites for hydroxylation is 2. The summed E-state index contributed by atoms with van der Waals surface area (Å²) in [6.07, 6.45) is 17.6. The minimum atomic E-state index is -0.0690. The predicted molar refractivity (Wildman–Crippen MR) is 312 cm³/mol. The second kappa shape index (κ2) is 23.6. The molecule has 1 aliphatic rings. The van der Waals surface area contributed by atoms with Gasteiger partial charge < -0.3 is 0 Å². The lowest BCUT2D eigenvalue weighted by Crippen LogP contribution is -2.25. The topological polar surface area (TPSA) is 75.3 Å². The molecule has 0 bridgehead atoms. The van der Waals surface area contributed by atoms with Gasteiger partial charge in [-0.15, -0.1) is 0 Å². The average Bonchev–Trinajstić information content (AvgIpc) is 3.74. The number of hydrogen-bond acceptors (Lipinski definition) is 5. The van der Waals surface area contributed by atoms with Gasteiger partial charge in [-0.05, 0) is 109 Å². The van der Waals surface area contributed by atoms with E-state index in [0.717, 1.165) is 74.6 Å². The van der Waals surface area contributed by atoms with Gasteiger partial charge in [0, 0.05) is 38.8 Å². The van der Waals surface area contributed by atoms with Crippen LogP contribution >= 0.6 is 0 Å². The molecule has 0 atom stereocenters. The summed E-state index contributed by atoms with van der Waals surface area (Å²) in [6, 6.07) is 64.6. The molecule has 10 rings (SSSR count). The van der Waals surface area contributed by atoms with Crippen molar-refractivity contribution in [3.8, 4) is 96.1 Å². The summed E-state index contributed by atoms with van der Waals surface area (Å²) in [5, 5.41) is 9.74. The number of fused-ring (bicyclic) bond motifs is 3. The predicted octanol–water partition coefficient (Wildman–Crippen LogP) is 19.2. The Morgan fingerprint density at radius 2 is 0.773 bits per heavy atom. The Morgan fingerprint density at radius 1 is 0.360 bits per heavy atom. The van der Waals surface area contributed by atoms with E-state index in [2.05, 4.69) is 167 Å². The number of hydrogen-bond donors (Lipinski definition) is 0. The minimum absolute atomic E-state index is 0.0690. The molecule has 0 fully saturated rings. The highest BCUT2D eigenvalue weighted by Crippen LogP contribution is 2.55. The van der Waals surface area contributed by atoms with E-state index < -0.39 is 0 Å². The fourth-order valence-corrected chi connectivity index (χ4v) is 11.3. The van der Waals surface area contributed by atoms with E-state index in [-0.39, 0.29) is 5.41 Å². The van der Waals surface area contributed by atoms with Crippen LogP contribution in [0.25, 0.3) is 90.1 Å². The molecule has 0 spiro atoms.